The third-order valence-corrected chi connectivity index (χ3v) is 3.88. The van der Waals surface area contributed by atoms with Gasteiger partial charge in [0, 0.05) is 18.5 Å². The van der Waals surface area contributed by atoms with E-state index in [1.165, 1.54) is 0 Å². The van der Waals surface area contributed by atoms with E-state index in [2.05, 4.69) is 15.5 Å². The van der Waals surface area contributed by atoms with Gasteiger partial charge < -0.3 is 9.88 Å². The topological polar surface area (TPSA) is 59.8 Å². The molecule has 1 aliphatic heterocycles. The molecule has 0 fully saturated rings. The SMILES string of the molecule is O=C(NCc1nnc2n1CCCC2)c1ccc(C(F)(F)F)c(F)c1. The minimum Gasteiger partial charge on any atom is -0.345 e. The zero-order valence-corrected chi connectivity index (χ0v) is 12.5. The standard InChI is InChI=1S/C15H14F4N4O/c16-11-7-9(4-5-10(11)15(17,18)19)14(24)20-8-13-22-21-12-3-1-2-6-23(12)13/h4-5,7H,1-3,6,8H2,(H,20,24). The van der Waals surface area contributed by atoms with Crippen LogP contribution in [-0.4, -0.2) is 20.7 Å². The number of benzene rings is 1. The second kappa shape index (κ2) is 6.21. The van der Waals surface area contributed by atoms with Gasteiger partial charge in [0.05, 0.1) is 12.1 Å². The summed E-state index contributed by atoms with van der Waals surface area (Å²) in [5.41, 5.74) is -1.58. The number of fused-ring (bicyclic) bond motifs is 1. The quantitative estimate of drug-likeness (QED) is 0.873. The van der Waals surface area contributed by atoms with Crippen molar-refractivity contribution in [1.29, 1.82) is 0 Å². The van der Waals surface area contributed by atoms with Crippen molar-refractivity contribution >= 4 is 5.91 Å². The molecule has 128 valence electrons. The van der Waals surface area contributed by atoms with Gasteiger partial charge in [-0.3, -0.25) is 4.79 Å². The number of nitrogens with one attached hydrogen (secondary N) is 1. The Labute approximate surface area is 134 Å². The van der Waals surface area contributed by atoms with Crippen LogP contribution in [0.15, 0.2) is 18.2 Å². The molecule has 1 aromatic carbocycles. The number of aromatic nitrogens is 3. The molecule has 0 radical (unpaired) electrons. The minimum absolute atomic E-state index is 0.0779. The van der Waals surface area contributed by atoms with E-state index < -0.39 is 23.5 Å². The number of hydrogen-bond acceptors (Lipinski definition) is 3. The maximum Gasteiger partial charge on any atom is 0.419 e. The summed E-state index contributed by atoms with van der Waals surface area (Å²) in [7, 11) is 0. The van der Waals surface area contributed by atoms with Gasteiger partial charge in [-0.15, -0.1) is 10.2 Å². The Balaban J connectivity index is 1.69. The third-order valence-electron chi connectivity index (χ3n) is 3.88. The molecule has 0 saturated heterocycles. The summed E-state index contributed by atoms with van der Waals surface area (Å²) in [6.45, 7) is 0.844. The van der Waals surface area contributed by atoms with Crippen molar-refractivity contribution in [3.63, 3.8) is 0 Å². The summed E-state index contributed by atoms with van der Waals surface area (Å²) in [5, 5.41) is 10.6. The fraction of sp³-hybridized carbons (Fsp3) is 0.400. The molecule has 1 aromatic heterocycles. The molecule has 0 atom stereocenters. The first-order valence-electron chi connectivity index (χ1n) is 7.42. The number of carbonyl (C=O) groups excluding carboxylic acids is 1. The third kappa shape index (κ3) is 3.24. The lowest BCUT2D eigenvalue weighted by molar-refractivity contribution is -0.140. The van der Waals surface area contributed by atoms with Crippen LogP contribution in [0.1, 0.15) is 40.4 Å². The highest BCUT2D eigenvalue weighted by atomic mass is 19.4. The number of carbonyl (C=O) groups is 1. The van der Waals surface area contributed by atoms with Crippen molar-refractivity contribution < 1.29 is 22.4 Å². The van der Waals surface area contributed by atoms with Crippen LogP contribution in [0.4, 0.5) is 17.6 Å². The van der Waals surface area contributed by atoms with Crippen molar-refractivity contribution in [2.24, 2.45) is 0 Å². The minimum atomic E-state index is -4.79. The highest BCUT2D eigenvalue weighted by Crippen LogP contribution is 2.31. The monoisotopic (exact) mass is 342 g/mol. The van der Waals surface area contributed by atoms with Crippen molar-refractivity contribution in [2.45, 2.75) is 38.5 Å². The summed E-state index contributed by atoms with van der Waals surface area (Å²) < 4.78 is 53.0. The molecule has 2 heterocycles. The van der Waals surface area contributed by atoms with Crippen LogP contribution in [0.25, 0.3) is 0 Å². The number of hydrogen-bond donors (Lipinski definition) is 1. The van der Waals surface area contributed by atoms with Crippen LogP contribution in [0.5, 0.6) is 0 Å². The fourth-order valence-electron chi connectivity index (χ4n) is 2.65. The zero-order valence-electron chi connectivity index (χ0n) is 12.5. The summed E-state index contributed by atoms with van der Waals surface area (Å²) in [4.78, 5) is 12.0. The summed E-state index contributed by atoms with van der Waals surface area (Å²) >= 11 is 0. The smallest absolute Gasteiger partial charge is 0.345 e. The average molecular weight is 342 g/mol. The Bertz CT molecular complexity index is 769. The molecule has 3 rings (SSSR count). The summed E-state index contributed by atoms with van der Waals surface area (Å²) in [5.74, 6) is -0.720. The summed E-state index contributed by atoms with van der Waals surface area (Å²) in [6.07, 6.45) is -1.93. The van der Waals surface area contributed by atoms with Crippen LogP contribution >= 0.6 is 0 Å². The van der Waals surface area contributed by atoms with Crippen LogP contribution < -0.4 is 5.32 Å². The van der Waals surface area contributed by atoms with E-state index in [0.717, 1.165) is 37.7 Å². The average Bonchev–Trinajstić information content (AvgIpc) is 2.94. The number of amides is 1. The Kier molecular flexibility index (Phi) is 4.25. The van der Waals surface area contributed by atoms with Gasteiger partial charge in [0.2, 0.25) is 0 Å². The highest BCUT2D eigenvalue weighted by molar-refractivity contribution is 5.94. The molecule has 24 heavy (non-hydrogen) atoms. The Morgan fingerprint density at radius 1 is 1.25 bits per heavy atom. The molecule has 1 aliphatic rings. The van der Waals surface area contributed by atoms with Gasteiger partial charge in [0.25, 0.3) is 5.91 Å². The van der Waals surface area contributed by atoms with Gasteiger partial charge in [-0.25, -0.2) is 4.39 Å². The number of rotatable bonds is 3. The van der Waals surface area contributed by atoms with E-state index in [9.17, 15) is 22.4 Å². The number of aryl methyl sites for hydroxylation is 1. The molecular formula is C15H14F4N4O. The number of nitrogens with zero attached hydrogens (tertiary/aromatic N) is 3. The van der Waals surface area contributed by atoms with Gasteiger partial charge in [0.1, 0.15) is 11.6 Å². The maximum atomic E-state index is 13.5. The first-order valence-corrected chi connectivity index (χ1v) is 7.42. The predicted molar refractivity (Wildman–Crippen MR) is 75.5 cm³/mol. The normalized spacial score (nSPS) is 14.3. The molecule has 9 heteroatoms. The van der Waals surface area contributed by atoms with Crippen molar-refractivity contribution in [3.8, 4) is 0 Å². The Morgan fingerprint density at radius 3 is 2.75 bits per heavy atom. The van der Waals surface area contributed by atoms with Crippen molar-refractivity contribution in [3.05, 3.63) is 46.8 Å². The van der Waals surface area contributed by atoms with Crippen molar-refractivity contribution in [1.82, 2.24) is 20.1 Å². The predicted octanol–water partition coefficient (Wildman–Crippen LogP) is 2.70. The van der Waals surface area contributed by atoms with Gasteiger partial charge >= 0.3 is 6.18 Å². The second-order valence-corrected chi connectivity index (χ2v) is 5.52. The van der Waals surface area contributed by atoms with E-state index in [1.807, 2.05) is 4.57 Å². The first kappa shape index (κ1) is 16.4. The van der Waals surface area contributed by atoms with Gasteiger partial charge in [-0.1, -0.05) is 0 Å². The van der Waals surface area contributed by atoms with Gasteiger partial charge in [0.15, 0.2) is 5.82 Å². The number of alkyl halides is 3. The molecule has 1 N–H and O–H groups in total. The van der Waals surface area contributed by atoms with Crippen LogP contribution in [0.2, 0.25) is 0 Å². The molecule has 2 aromatic rings. The maximum absolute atomic E-state index is 13.5. The lowest BCUT2D eigenvalue weighted by atomic mass is 10.1. The molecule has 5 nitrogen and oxygen atoms in total. The second-order valence-electron chi connectivity index (χ2n) is 5.52. The van der Waals surface area contributed by atoms with Crippen LogP contribution in [0, 0.1) is 5.82 Å². The van der Waals surface area contributed by atoms with Crippen LogP contribution in [0.3, 0.4) is 0 Å². The lowest BCUT2D eigenvalue weighted by Crippen LogP contribution is -2.26. The first-order chi connectivity index (χ1) is 11.4. The molecule has 0 unspecified atom stereocenters. The Morgan fingerprint density at radius 2 is 2.04 bits per heavy atom. The van der Waals surface area contributed by atoms with Crippen molar-refractivity contribution in [2.75, 3.05) is 0 Å². The van der Waals surface area contributed by atoms with Crippen LogP contribution in [-0.2, 0) is 25.7 Å². The zero-order chi connectivity index (χ0) is 17.3. The van der Waals surface area contributed by atoms with E-state index in [-0.39, 0.29) is 12.1 Å². The summed E-state index contributed by atoms with van der Waals surface area (Å²) in [6, 6.07) is 2.08. The molecular weight excluding hydrogens is 328 g/mol. The molecule has 0 saturated carbocycles. The lowest BCUT2D eigenvalue weighted by Gasteiger charge is -2.15. The molecule has 0 spiro atoms. The van der Waals surface area contributed by atoms with E-state index in [1.54, 1.807) is 0 Å². The fourth-order valence-corrected chi connectivity index (χ4v) is 2.65. The molecule has 1 amide bonds. The van der Waals surface area contributed by atoms with E-state index in [0.29, 0.717) is 18.0 Å². The van der Waals surface area contributed by atoms with Gasteiger partial charge in [-0.05, 0) is 31.0 Å². The highest BCUT2D eigenvalue weighted by Gasteiger charge is 2.34. The van der Waals surface area contributed by atoms with E-state index >= 15 is 0 Å². The van der Waals surface area contributed by atoms with E-state index in [4.69, 9.17) is 0 Å². The molecule has 0 bridgehead atoms. The molecule has 0 aliphatic carbocycles. The van der Waals surface area contributed by atoms with Gasteiger partial charge in [-0.2, -0.15) is 13.2 Å². The number of halogens is 4. The Hall–Kier alpha value is -2.45. The largest absolute Gasteiger partial charge is 0.419 e.